The first-order valence-electron chi connectivity index (χ1n) is 6.32. The molecule has 6 heteroatoms. The van der Waals surface area contributed by atoms with Crippen molar-refractivity contribution in [1.82, 2.24) is 0 Å². The molecule has 0 saturated heterocycles. The molecule has 0 aliphatic heterocycles. The minimum Gasteiger partial charge on any atom is -0.462 e. The molecule has 1 aliphatic carbocycles. The summed E-state index contributed by atoms with van der Waals surface area (Å²) < 4.78 is 10.1. The van der Waals surface area contributed by atoms with Crippen molar-refractivity contribution in [3.63, 3.8) is 0 Å². The lowest BCUT2D eigenvalue weighted by atomic mass is 10.1. The van der Waals surface area contributed by atoms with E-state index in [4.69, 9.17) is 14.4 Å². The van der Waals surface area contributed by atoms with Crippen LogP contribution in [0.3, 0.4) is 0 Å². The second kappa shape index (κ2) is 7.59. The van der Waals surface area contributed by atoms with Crippen molar-refractivity contribution < 1.29 is 29.1 Å². The number of aliphatic hydroxyl groups is 1. The van der Waals surface area contributed by atoms with Crippen LogP contribution in [0.4, 0.5) is 0 Å². The van der Waals surface area contributed by atoms with Gasteiger partial charge in [0.15, 0.2) is 0 Å². The maximum Gasteiger partial charge on any atom is 0.315 e. The van der Waals surface area contributed by atoms with Gasteiger partial charge >= 0.3 is 5.97 Å². The van der Waals surface area contributed by atoms with Crippen molar-refractivity contribution in [2.75, 3.05) is 33.5 Å². The van der Waals surface area contributed by atoms with Crippen LogP contribution in [0.1, 0.15) is 13.3 Å². The topological polar surface area (TPSA) is 74.2 Å². The number of carbonyl (C=O) groups excluding carboxylic acids is 1. The van der Waals surface area contributed by atoms with Gasteiger partial charge < -0.3 is 14.6 Å². The number of hydrogen-bond donors (Lipinski definition) is 1. The van der Waals surface area contributed by atoms with E-state index < -0.39 is 17.5 Å². The highest BCUT2D eigenvalue weighted by molar-refractivity contribution is 5.81. The van der Waals surface area contributed by atoms with Gasteiger partial charge in [0.25, 0.3) is 0 Å². The number of aliphatic hydroxyl groups excluding tert-OH is 1. The van der Waals surface area contributed by atoms with Crippen molar-refractivity contribution in [3.05, 3.63) is 12.7 Å². The number of hydrogen-bond acceptors (Lipinski definition) is 6. The number of allylic oxidation sites excluding steroid dienone is 1. The van der Waals surface area contributed by atoms with Gasteiger partial charge in [-0.3, -0.25) is 4.79 Å². The maximum atomic E-state index is 12.0. The zero-order valence-electron chi connectivity index (χ0n) is 11.5. The Hall–Kier alpha value is -0.950. The lowest BCUT2D eigenvalue weighted by Gasteiger charge is -2.16. The second-order valence-corrected chi connectivity index (χ2v) is 4.54. The minimum atomic E-state index is -0.815. The molecular formula is C13H22O6. The molecule has 3 unspecified atom stereocenters. The molecule has 1 N–H and O–H groups in total. The Morgan fingerprint density at radius 1 is 1.58 bits per heavy atom. The SMILES string of the molecule is C=CC1CC1(COOC)C(=O)OCC(O)COCC. The van der Waals surface area contributed by atoms with Crippen molar-refractivity contribution in [3.8, 4) is 0 Å². The molecule has 1 fully saturated rings. The average Bonchev–Trinajstić information content (AvgIpc) is 3.15. The summed E-state index contributed by atoms with van der Waals surface area (Å²) in [5, 5.41) is 9.54. The van der Waals surface area contributed by atoms with Gasteiger partial charge in [0.2, 0.25) is 0 Å². The molecule has 0 amide bonds. The average molecular weight is 274 g/mol. The van der Waals surface area contributed by atoms with Crippen molar-refractivity contribution in [2.45, 2.75) is 19.4 Å². The predicted molar refractivity (Wildman–Crippen MR) is 67.2 cm³/mol. The van der Waals surface area contributed by atoms with Crippen LogP contribution in [-0.2, 0) is 24.0 Å². The molecule has 6 nitrogen and oxygen atoms in total. The standard InChI is InChI=1S/C13H22O6/c1-4-10-6-13(10,9-19-16-3)12(15)18-8-11(14)7-17-5-2/h4,10-11,14H,1,5-9H2,2-3H3. The fraction of sp³-hybridized carbons (Fsp3) is 0.769. The summed E-state index contributed by atoms with van der Waals surface area (Å²) >= 11 is 0. The highest BCUT2D eigenvalue weighted by atomic mass is 17.2. The summed E-state index contributed by atoms with van der Waals surface area (Å²) in [7, 11) is 1.39. The molecule has 1 rings (SSSR count). The Morgan fingerprint density at radius 2 is 2.32 bits per heavy atom. The van der Waals surface area contributed by atoms with Crippen molar-refractivity contribution >= 4 is 5.97 Å². The van der Waals surface area contributed by atoms with Gasteiger partial charge in [-0.15, -0.1) is 6.58 Å². The lowest BCUT2D eigenvalue weighted by Crippen LogP contribution is -2.30. The summed E-state index contributed by atoms with van der Waals surface area (Å²) in [6.07, 6.45) is 1.52. The predicted octanol–water partition coefficient (Wildman–Crippen LogP) is 0.697. The Labute approximate surface area is 113 Å². The van der Waals surface area contributed by atoms with Gasteiger partial charge in [-0.1, -0.05) is 6.08 Å². The highest BCUT2D eigenvalue weighted by Crippen LogP contribution is 2.54. The Bertz CT molecular complexity index is 306. The molecule has 0 aromatic heterocycles. The Kier molecular flexibility index (Phi) is 6.44. The summed E-state index contributed by atoms with van der Waals surface area (Å²) in [5.74, 6) is -0.371. The third-order valence-electron chi connectivity index (χ3n) is 3.18. The van der Waals surface area contributed by atoms with E-state index in [0.29, 0.717) is 13.0 Å². The third kappa shape index (κ3) is 4.28. The molecule has 0 spiro atoms. The molecule has 0 bridgehead atoms. The first-order valence-corrected chi connectivity index (χ1v) is 6.32. The first kappa shape index (κ1) is 16.1. The molecule has 3 atom stereocenters. The van der Waals surface area contributed by atoms with Crippen LogP contribution < -0.4 is 0 Å². The van der Waals surface area contributed by atoms with Crippen molar-refractivity contribution in [2.24, 2.45) is 11.3 Å². The molecule has 110 valence electrons. The number of ether oxygens (including phenoxy) is 2. The molecule has 1 aliphatic rings. The van der Waals surface area contributed by atoms with Crippen LogP contribution in [-0.4, -0.2) is 50.7 Å². The lowest BCUT2D eigenvalue weighted by molar-refractivity contribution is -0.282. The molecule has 0 aromatic rings. The summed E-state index contributed by atoms with van der Waals surface area (Å²) in [5.41, 5.74) is -0.719. The van der Waals surface area contributed by atoms with Gasteiger partial charge in [0.05, 0.1) is 20.3 Å². The normalized spacial score (nSPS) is 26.8. The van der Waals surface area contributed by atoms with E-state index in [1.165, 1.54) is 7.11 Å². The monoisotopic (exact) mass is 274 g/mol. The van der Waals surface area contributed by atoms with E-state index in [1.807, 2.05) is 6.92 Å². The van der Waals surface area contributed by atoms with Crippen molar-refractivity contribution in [1.29, 1.82) is 0 Å². The van der Waals surface area contributed by atoms with Crippen LogP contribution in [0.2, 0.25) is 0 Å². The van der Waals surface area contributed by atoms with E-state index in [2.05, 4.69) is 11.5 Å². The number of carbonyl (C=O) groups is 1. The zero-order valence-corrected chi connectivity index (χ0v) is 11.5. The molecule has 19 heavy (non-hydrogen) atoms. The zero-order chi connectivity index (χ0) is 14.3. The molecule has 0 radical (unpaired) electrons. The van der Waals surface area contributed by atoms with Gasteiger partial charge in [0.1, 0.15) is 18.1 Å². The quantitative estimate of drug-likeness (QED) is 0.273. The van der Waals surface area contributed by atoms with Crippen LogP contribution in [0.15, 0.2) is 12.7 Å². The molecule has 1 saturated carbocycles. The maximum absolute atomic E-state index is 12.0. The van der Waals surface area contributed by atoms with Crippen LogP contribution >= 0.6 is 0 Å². The highest BCUT2D eigenvalue weighted by Gasteiger charge is 2.60. The fourth-order valence-corrected chi connectivity index (χ4v) is 1.88. The van der Waals surface area contributed by atoms with E-state index in [9.17, 15) is 9.90 Å². The number of rotatable bonds is 10. The van der Waals surface area contributed by atoms with E-state index in [1.54, 1.807) is 6.08 Å². The number of esters is 1. The first-order chi connectivity index (χ1) is 9.10. The van der Waals surface area contributed by atoms with Gasteiger partial charge in [-0.25, -0.2) is 9.78 Å². The van der Waals surface area contributed by atoms with E-state index >= 15 is 0 Å². The van der Waals surface area contributed by atoms with Crippen LogP contribution in [0.5, 0.6) is 0 Å². The Balaban J connectivity index is 2.39. The summed E-state index contributed by atoms with van der Waals surface area (Å²) in [6.45, 7) is 6.20. The smallest absolute Gasteiger partial charge is 0.315 e. The van der Waals surface area contributed by atoms with Gasteiger partial charge in [-0.2, -0.15) is 0 Å². The van der Waals surface area contributed by atoms with E-state index in [0.717, 1.165) is 0 Å². The molecule has 0 heterocycles. The fourth-order valence-electron chi connectivity index (χ4n) is 1.88. The minimum absolute atomic E-state index is 0.0270. The summed E-state index contributed by atoms with van der Waals surface area (Å²) in [4.78, 5) is 21.4. The third-order valence-corrected chi connectivity index (χ3v) is 3.18. The Morgan fingerprint density at radius 3 is 2.84 bits per heavy atom. The second-order valence-electron chi connectivity index (χ2n) is 4.54. The summed E-state index contributed by atoms with van der Waals surface area (Å²) in [6, 6.07) is 0. The molecule has 0 aromatic carbocycles. The van der Waals surface area contributed by atoms with Crippen LogP contribution in [0, 0.1) is 11.3 Å². The van der Waals surface area contributed by atoms with Crippen LogP contribution in [0.25, 0.3) is 0 Å². The molecular weight excluding hydrogens is 252 g/mol. The van der Waals surface area contributed by atoms with Gasteiger partial charge in [-0.05, 0) is 19.3 Å². The van der Waals surface area contributed by atoms with Gasteiger partial charge in [0, 0.05) is 6.61 Å². The van der Waals surface area contributed by atoms with E-state index in [-0.39, 0.29) is 25.7 Å². The largest absolute Gasteiger partial charge is 0.462 e.